The van der Waals surface area contributed by atoms with E-state index in [2.05, 4.69) is 26.1 Å². The van der Waals surface area contributed by atoms with E-state index >= 15 is 0 Å². The first kappa shape index (κ1) is 24.8. The summed E-state index contributed by atoms with van der Waals surface area (Å²) in [5.41, 5.74) is 4.50. The Morgan fingerprint density at radius 2 is 1.77 bits per heavy atom. The number of Topliss-reactive ketones (excluding diaryl/α,β-unsaturated/α-hetero) is 1. The minimum Gasteiger partial charge on any atom is -0.489 e. The molecule has 184 valence electrons. The van der Waals surface area contributed by atoms with Crippen LogP contribution < -0.4 is 10.1 Å². The maximum atomic E-state index is 13.5. The first-order chi connectivity index (χ1) is 16.8. The molecule has 0 saturated carbocycles. The molecule has 1 aliphatic heterocycles. The van der Waals surface area contributed by atoms with E-state index in [1.165, 1.54) is 0 Å². The number of allylic oxidation sites excluding steroid dienone is 3. The molecule has 0 aromatic heterocycles. The Balaban J connectivity index is 1.77. The molecule has 0 fully saturated rings. The molecule has 2 aliphatic rings. The van der Waals surface area contributed by atoms with Gasteiger partial charge in [0.25, 0.3) is 0 Å². The highest BCUT2D eigenvalue weighted by molar-refractivity contribution is 6.04. The van der Waals surface area contributed by atoms with E-state index in [0.29, 0.717) is 36.5 Å². The summed E-state index contributed by atoms with van der Waals surface area (Å²) in [6.07, 6.45) is 2.92. The molecule has 1 aliphatic carbocycles. The van der Waals surface area contributed by atoms with E-state index < -0.39 is 5.92 Å². The number of para-hydroxylation sites is 1. The minimum atomic E-state index is -0.532. The zero-order valence-electron chi connectivity index (χ0n) is 21.1. The zero-order valence-corrected chi connectivity index (χ0v) is 21.1. The van der Waals surface area contributed by atoms with E-state index in [4.69, 9.17) is 9.47 Å². The van der Waals surface area contributed by atoms with Crippen molar-refractivity contribution in [3.05, 3.63) is 88.3 Å². The molecule has 1 atom stereocenters. The molecule has 0 amide bonds. The fraction of sp³-hybridized carbons (Fsp3) is 0.400. The van der Waals surface area contributed by atoms with E-state index in [1.807, 2.05) is 61.5 Å². The van der Waals surface area contributed by atoms with Crippen molar-refractivity contribution in [1.29, 1.82) is 0 Å². The molecule has 2 aromatic carbocycles. The van der Waals surface area contributed by atoms with Gasteiger partial charge >= 0.3 is 5.97 Å². The van der Waals surface area contributed by atoms with Crippen LogP contribution in [0, 0.1) is 5.41 Å². The first-order valence-corrected chi connectivity index (χ1v) is 12.5. The Bertz CT molecular complexity index is 1160. The van der Waals surface area contributed by atoms with Crippen LogP contribution in [0.3, 0.4) is 0 Å². The lowest BCUT2D eigenvalue weighted by Crippen LogP contribution is -2.38. The van der Waals surface area contributed by atoms with Crippen molar-refractivity contribution in [2.45, 2.75) is 65.9 Å². The molecule has 0 radical (unpaired) electrons. The number of ether oxygens (including phenoxy) is 2. The average molecular weight is 474 g/mol. The third-order valence-corrected chi connectivity index (χ3v) is 6.66. The van der Waals surface area contributed by atoms with E-state index in [9.17, 15) is 9.59 Å². The second-order valence-electron chi connectivity index (χ2n) is 10.2. The van der Waals surface area contributed by atoms with Crippen LogP contribution in [0.2, 0.25) is 0 Å². The first-order valence-electron chi connectivity index (χ1n) is 12.5. The molecule has 0 spiro atoms. The summed E-state index contributed by atoms with van der Waals surface area (Å²) in [6.45, 7) is 8.92. The number of esters is 1. The molecule has 0 saturated heterocycles. The summed E-state index contributed by atoms with van der Waals surface area (Å²) in [7, 11) is 0. The topological polar surface area (TPSA) is 64.6 Å². The van der Waals surface area contributed by atoms with Gasteiger partial charge in [0.15, 0.2) is 5.78 Å². The van der Waals surface area contributed by atoms with Gasteiger partial charge in [0, 0.05) is 29.0 Å². The van der Waals surface area contributed by atoms with Gasteiger partial charge in [-0.2, -0.15) is 0 Å². The summed E-state index contributed by atoms with van der Waals surface area (Å²) in [5, 5.41) is 3.40. The minimum absolute atomic E-state index is 0.0676. The van der Waals surface area contributed by atoms with Gasteiger partial charge in [-0.1, -0.05) is 75.7 Å². The number of carbonyl (C=O) groups is 2. The third kappa shape index (κ3) is 5.50. The van der Waals surface area contributed by atoms with Gasteiger partial charge in [0.05, 0.1) is 18.1 Å². The number of rotatable bonds is 8. The van der Waals surface area contributed by atoms with Crippen LogP contribution in [-0.4, -0.2) is 18.4 Å². The average Bonchev–Trinajstić information content (AvgIpc) is 2.82. The lowest BCUT2D eigenvalue weighted by atomic mass is 9.68. The largest absolute Gasteiger partial charge is 0.489 e. The van der Waals surface area contributed by atoms with Crippen LogP contribution in [0.4, 0.5) is 0 Å². The second kappa shape index (κ2) is 10.5. The normalized spacial score (nSPS) is 19.2. The van der Waals surface area contributed by atoms with Crippen molar-refractivity contribution >= 4 is 11.8 Å². The molecule has 2 aromatic rings. The van der Waals surface area contributed by atoms with Crippen molar-refractivity contribution in [3.63, 3.8) is 0 Å². The Morgan fingerprint density at radius 1 is 1.06 bits per heavy atom. The number of unbranched alkanes of at least 4 members (excludes halogenated alkanes) is 1. The van der Waals surface area contributed by atoms with E-state index in [1.54, 1.807) is 0 Å². The zero-order chi connectivity index (χ0) is 25.0. The van der Waals surface area contributed by atoms with Crippen LogP contribution in [0.1, 0.15) is 70.4 Å². The van der Waals surface area contributed by atoms with E-state index in [-0.39, 0.29) is 17.2 Å². The number of dihydropyridines is 1. The molecular formula is C30H35NO4. The summed E-state index contributed by atoms with van der Waals surface area (Å²) < 4.78 is 11.9. The van der Waals surface area contributed by atoms with Crippen molar-refractivity contribution in [2.24, 2.45) is 5.41 Å². The van der Waals surface area contributed by atoms with Crippen LogP contribution in [0.25, 0.3) is 0 Å². The van der Waals surface area contributed by atoms with Crippen LogP contribution >= 0.6 is 0 Å². The standard InChI is InChI=1S/C30H35NO4/c1-5-6-16-34-29(33)26-20(2)31-23-17-30(3,4)18-24(32)28(23)27(26)22-14-10-11-15-25(22)35-19-21-12-8-7-9-13-21/h7-15,27,31H,5-6,16-19H2,1-4H3. The molecule has 5 heteroatoms. The van der Waals surface area contributed by atoms with Crippen molar-refractivity contribution in [2.75, 3.05) is 6.61 Å². The molecule has 5 nitrogen and oxygen atoms in total. The van der Waals surface area contributed by atoms with Gasteiger partial charge in [-0.25, -0.2) is 4.79 Å². The predicted molar refractivity (Wildman–Crippen MR) is 137 cm³/mol. The predicted octanol–water partition coefficient (Wildman–Crippen LogP) is 6.21. The highest BCUT2D eigenvalue weighted by atomic mass is 16.5. The Labute approximate surface area is 208 Å². The van der Waals surface area contributed by atoms with Crippen LogP contribution in [-0.2, 0) is 20.9 Å². The Morgan fingerprint density at radius 3 is 2.51 bits per heavy atom. The monoisotopic (exact) mass is 473 g/mol. The summed E-state index contributed by atoms with van der Waals surface area (Å²) in [5.74, 6) is -0.177. The number of nitrogens with one attached hydrogen (secondary N) is 1. The smallest absolute Gasteiger partial charge is 0.336 e. The van der Waals surface area contributed by atoms with Crippen LogP contribution in [0.15, 0.2) is 77.1 Å². The summed E-state index contributed by atoms with van der Waals surface area (Å²) in [4.78, 5) is 26.9. The number of hydrogen-bond donors (Lipinski definition) is 1. The third-order valence-electron chi connectivity index (χ3n) is 6.66. The SMILES string of the molecule is CCCCOC(=O)C1=C(C)NC2=C(C(=O)CC(C)(C)C2)C1c1ccccc1OCc1ccccc1. The molecule has 35 heavy (non-hydrogen) atoms. The Hall–Kier alpha value is -3.34. The molecule has 1 N–H and O–H groups in total. The van der Waals surface area contributed by atoms with Gasteiger partial charge in [-0.05, 0) is 36.8 Å². The molecule has 4 rings (SSSR count). The number of hydrogen-bond acceptors (Lipinski definition) is 5. The van der Waals surface area contributed by atoms with Gasteiger partial charge in [0.1, 0.15) is 12.4 Å². The van der Waals surface area contributed by atoms with Crippen LogP contribution in [0.5, 0.6) is 5.75 Å². The van der Waals surface area contributed by atoms with E-state index in [0.717, 1.165) is 41.8 Å². The highest BCUT2D eigenvalue weighted by Gasteiger charge is 2.44. The lowest BCUT2D eigenvalue weighted by molar-refractivity contribution is -0.139. The van der Waals surface area contributed by atoms with Crippen molar-refractivity contribution < 1.29 is 19.1 Å². The molecular weight excluding hydrogens is 438 g/mol. The van der Waals surface area contributed by atoms with Gasteiger partial charge < -0.3 is 14.8 Å². The second-order valence-corrected chi connectivity index (χ2v) is 10.2. The van der Waals surface area contributed by atoms with Gasteiger partial charge in [0.2, 0.25) is 0 Å². The lowest BCUT2D eigenvalue weighted by Gasteiger charge is -2.39. The number of carbonyl (C=O) groups excluding carboxylic acids is 2. The maximum Gasteiger partial charge on any atom is 0.336 e. The molecule has 0 bridgehead atoms. The summed E-state index contributed by atoms with van der Waals surface area (Å²) >= 11 is 0. The number of benzene rings is 2. The van der Waals surface area contributed by atoms with Crippen molar-refractivity contribution in [1.82, 2.24) is 5.32 Å². The molecule has 1 unspecified atom stereocenters. The van der Waals surface area contributed by atoms with Gasteiger partial charge in [-0.15, -0.1) is 0 Å². The van der Waals surface area contributed by atoms with Crippen molar-refractivity contribution in [3.8, 4) is 5.75 Å². The maximum absolute atomic E-state index is 13.5. The summed E-state index contributed by atoms with van der Waals surface area (Å²) in [6, 6.07) is 17.7. The quantitative estimate of drug-likeness (QED) is 0.365. The van der Waals surface area contributed by atoms with Gasteiger partial charge in [-0.3, -0.25) is 4.79 Å². The Kier molecular flexibility index (Phi) is 7.44. The number of ketones is 1. The fourth-order valence-corrected chi connectivity index (χ4v) is 4.99. The molecule has 1 heterocycles. The highest BCUT2D eigenvalue weighted by Crippen LogP contribution is 2.48. The fourth-order valence-electron chi connectivity index (χ4n) is 4.99.